The number of carbonyl (C=O) groups excluding carboxylic acids is 1. The van der Waals surface area contributed by atoms with E-state index in [0.29, 0.717) is 39.8 Å². The van der Waals surface area contributed by atoms with Crippen LogP contribution >= 0.6 is 11.8 Å². The van der Waals surface area contributed by atoms with Crippen LogP contribution in [-0.2, 0) is 12.3 Å². The van der Waals surface area contributed by atoms with Gasteiger partial charge in [0.05, 0.1) is 24.7 Å². The number of nitrogens with zero attached hydrogens (tertiary/aromatic N) is 3. The molecule has 9 heteroatoms. The monoisotopic (exact) mass is 457 g/mol. The van der Waals surface area contributed by atoms with E-state index < -0.39 is 0 Å². The number of fused-ring (bicyclic) bond motifs is 1. The number of rotatable bonds is 7. The number of aromatic amines is 1. The van der Waals surface area contributed by atoms with E-state index in [0.717, 1.165) is 11.3 Å². The van der Waals surface area contributed by atoms with E-state index in [1.54, 1.807) is 23.1 Å². The average Bonchev–Trinajstić information content (AvgIpc) is 3.52. The third-order valence-electron chi connectivity index (χ3n) is 4.99. The molecule has 0 unspecified atom stereocenters. The summed E-state index contributed by atoms with van der Waals surface area (Å²) in [4.78, 5) is 32.4. The van der Waals surface area contributed by atoms with Gasteiger partial charge in [-0.25, -0.2) is 9.67 Å². The number of furan rings is 1. The van der Waals surface area contributed by atoms with Crippen molar-refractivity contribution in [3.63, 3.8) is 0 Å². The second kappa shape index (κ2) is 9.17. The van der Waals surface area contributed by atoms with Crippen molar-refractivity contribution in [1.29, 1.82) is 0 Å². The quantitative estimate of drug-likeness (QED) is 0.283. The highest BCUT2D eigenvalue weighted by Gasteiger charge is 2.12. The van der Waals surface area contributed by atoms with Crippen LogP contribution in [0.2, 0.25) is 0 Å². The Hall–Kier alpha value is -4.11. The number of H-pyrrole nitrogens is 1. The molecule has 2 aromatic carbocycles. The van der Waals surface area contributed by atoms with Crippen LogP contribution in [0.25, 0.3) is 16.7 Å². The molecule has 1 amide bonds. The Morgan fingerprint density at radius 3 is 2.79 bits per heavy atom. The maximum Gasteiger partial charge on any atom is 0.262 e. The van der Waals surface area contributed by atoms with E-state index in [1.807, 2.05) is 54.6 Å². The normalized spacial score (nSPS) is 11.0. The molecule has 0 atom stereocenters. The standard InChI is InChI=1S/C24H19N5O3S/c30-22(25-13-19-10-5-11-32-19)17-7-4-6-16(12-17)15-33-24-27-21-20(23(31)28-24)14-26-29(21)18-8-2-1-3-9-18/h1-12,14H,13,15H2,(H,25,30)(H,27,28,31). The van der Waals surface area contributed by atoms with Gasteiger partial charge in [0.2, 0.25) is 0 Å². The van der Waals surface area contributed by atoms with Gasteiger partial charge in [-0.2, -0.15) is 5.10 Å². The fourth-order valence-corrected chi connectivity index (χ4v) is 4.16. The van der Waals surface area contributed by atoms with Gasteiger partial charge < -0.3 is 14.7 Å². The van der Waals surface area contributed by atoms with Crippen molar-refractivity contribution in [1.82, 2.24) is 25.1 Å². The molecule has 33 heavy (non-hydrogen) atoms. The Morgan fingerprint density at radius 1 is 1.09 bits per heavy atom. The van der Waals surface area contributed by atoms with Crippen molar-refractivity contribution in [2.24, 2.45) is 0 Å². The van der Waals surface area contributed by atoms with Crippen LogP contribution < -0.4 is 10.9 Å². The molecule has 0 aliphatic rings. The topological polar surface area (TPSA) is 106 Å². The maximum absolute atomic E-state index is 12.5. The minimum absolute atomic E-state index is 0.182. The zero-order chi connectivity index (χ0) is 22.6. The van der Waals surface area contributed by atoms with Crippen LogP contribution in [0.5, 0.6) is 0 Å². The zero-order valence-corrected chi connectivity index (χ0v) is 18.2. The van der Waals surface area contributed by atoms with Gasteiger partial charge in [0.1, 0.15) is 11.1 Å². The fraction of sp³-hybridized carbons (Fsp3) is 0.0833. The van der Waals surface area contributed by atoms with Crippen molar-refractivity contribution in [2.75, 3.05) is 0 Å². The van der Waals surface area contributed by atoms with Crippen molar-refractivity contribution >= 4 is 28.7 Å². The molecule has 164 valence electrons. The molecule has 0 fully saturated rings. The largest absolute Gasteiger partial charge is 0.467 e. The number of carbonyl (C=O) groups is 1. The van der Waals surface area contributed by atoms with Crippen molar-refractivity contribution in [2.45, 2.75) is 17.5 Å². The van der Waals surface area contributed by atoms with Crippen LogP contribution in [0.3, 0.4) is 0 Å². The molecule has 3 aromatic heterocycles. The Labute approximate surface area is 192 Å². The predicted octanol–water partition coefficient (Wildman–Crippen LogP) is 3.92. The molecule has 0 radical (unpaired) electrons. The van der Waals surface area contributed by atoms with E-state index in [-0.39, 0.29) is 11.5 Å². The van der Waals surface area contributed by atoms with Gasteiger partial charge in [-0.1, -0.05) is 42.1 Å². The maximum atomic E-state index is 12.5. The number of hydrogen-bond acceptors (Lipinski definition) is 6. The molecule has 0 saturated heterocycles. The molecule has 0 bridgehead atoms. The smallest absolute Gasteiger partial charge is 0.262 e. The Balaban J connectivity index is 1.32. The van der Waals surface area contributed by atoms with E-state index in [1.165, 1.54) is 18.0 Å². The summed E-state index contributed by atoms with van der Waals surface area (Å²) in [7, 11) is 0. The lowest BCUT2D eigenvalue weighted by atomic mass is 10.1. The number of nitrogens with one attached hydrogen (secondary N) is 2. The number of benzene rings is 2. The molecule has 2 N–H and O–H groups in total. The molecular formula is C24H19N5O3S. The SMILES string of the molecule is O=C(NCc1ccco1)c1cccc(CSc2nc3c(cnn3-c3ccccc3)c(=O)[nH]2)c1. The molecule has 0 aliphatic heterocycles. The summed E-state index contributed by atoms with van der Waals surface area (Å²) in [6.07, 6.45) is 3.09. The Morgan fingerprint density at radius 2 is 1.97 bits per heavy atom. The highest BCUT2D eigenvalue weighted by atomic mass is 32.2. The molecular weight excluding hydrogens is 438 g/mol. The van der Waals surface area contributed by atoms with Crippen LogP contribution in [0.1, 0.15) is 21.7 Å². The van der Waals surface area contributed by atoms with Gasteiger partial charge in [-0.15, -0.1) is 0 Å². The predicted molar refractivity (Wildman–Crippen MR) is 125 cm³/mol. The molecule has 0 aliphatic carbocycles. The summed E-state index contributed by atoms with van der Waals surface area (Å²) in [6.45, 7) is 0.324. The van der Waals surface area contributed by atoms with Crippen molar-refractivity contribution in [3.8, 4) is 5.69 Å². The summed E-state index contributed by atoms with van der Waals surface area (Å²) < 4.78 is 6.89. The van der Waals surface area contributed by atoms with Crippen LogP contribution in [-0.4, -0.2) is 25.7 Å². The summed E-state index contributed by atoms with van der Waals surface area (Å²) in [6, 6.07) is 20.5. The van der Waals surface area contributed by atoms with E-state index in [2.05, 4.69) is 20.4 Å². The van der Waals surface area contributed by atoms with Crippen LogP contribution in [0.4, 0.5) is 0 Å². The van der Waals surface area contributed by atoms with Gasteiger partial charge in [0, 0.05) is 11.3 Å². The molecule has 5 aromatic rings. The average molecular weight is 458 g/mol. The highest BCUT2D eigenvalue weighted by molar-refractivity contribution is 7.98. The minimum Gasteiger partial charge on any atom is -0.467 e. The summed E-state index contributed by atoms with van der Waals surface area (Å²) in [5.41, 5.74) is 2.58. The number of aromatic nitrogens is 4. The third kappa shape index (κ3) is 4.58. The van der Waals surface area contributed by atoms with Gasteiger partial charge in [0.25, 0.3) is 11.5 Å². The lowest BCUT2D eigenvalue weighted by Crippen LogP contribution is -2.22. The first kappa shape index (κ1) is 20.8. The molecule has 8 nitrogen and oxygen atoms in total. The molecule has 0 spiro atoms. The lowest BCUT2D eigenvalue weighted by molar-refractivity contribution is 0.0948. The highest BCUT2D eigenvalue weighted by Crippen LogP contribution is 2.22. The number of para-hydroxylation sites is 1. The third-order valence-corrected chi connectivity index (χ3v) is 5.93. The first-order valence-electron chi connectivity index (χ1n) is 10.2. The number of hydrogen-bond donors (Lipinski definition) is 2. The molecule has 0 saturated carbocycles. The van der Waals surface area contributed by atoms with Gasteiger partial charge in [-0.3, -0.25) is 9.59 Å². The van der Waals surface area contributed by atoms with Gasteiger partial charge in [-0.05, 0) is 42.0 Å². The lowest BCUT2D eigenvalue weighted by Gasteiger charge is -2.07. The zero-order valence-electron chi connectivity index (χ0n) is 17.4. The first-order valence-corrected chi connectivity index (χ1v) is 11.2. The van der Waals surface area contributed by atoms with E-state index in [4.69, 9.17) is 4.42 Å². The summed E-state index contributed by atoms with van der Waals surface area (Å²) in [5.74, 6) is 1.04. The Kier molecular flexibility index (Phi) is 5.77. The Bertz CT molecular complexity index is 1460. The van der Waals surface area contributed by atoms with Crippen molar-refractivity contribution in [3.05, 3.63) is 106 Å². The van der Waals surface area contributed by atoms with Crippen LogP contribution in [0.15, 0.2) is 93.6 Å². The number of amides is 1. The number of thioether (sulfide) groups is 1. The first-order chi connectivity index (χ1) is 16.2. The molecule has 5 rings (SSSR count). The summed E-state index contributed by atoms with van der Waals surface area (Å²) >= 11 is 1.39. The minimum atomic E-state index is -0.240. The molecule has 3 heterocycles. The van der Waals surface area contributed by atoms with Crippen LogP contribution in [0, 0.1) is 0 Å². The van der Waals surface area contributed by atoms with Crippen molar-refractivity contribution < 1.29 is 9.21 Å². The van der Waals surface area contributed by atoms with Gasteiger partial charge in [0.15, 0.2) is 10.8 Å². The second-order valence-corrected chi connectivity index (χ2v) is 8.22. The fourth-order valence-electron chi connectivity index (χ4n) is 3.36. The van der Waals surface area contributed by atoms with E-state index in [9.17, 15) is 9.59 Å². The summed E-state index contributed by atoms with van der Waals surface area (Å²) in [5, 5.41) is 8.08. The van der Waals surface area contributed by atoms with E-state index >= 15 is 0 Å². The van der Waals surface area contributed by atoms with Gasteiger partial charge >= 0.3 is 0 Å². The second-order valence-electron chi connectivity index (χ2n) is 7.25.